The van der Waals surface area contributed by atoms with Crippen LogP contribution in [0.4, 0.5) is 5.82 Å². The first kappa shape index (κ1) is 17.0. The van der Waals surface area contributed by atoms with Crippen LogP contribution in [0.1, 0.15) is 37.8 Å². The maximum Gasteiger partial charge on any atom is 0.228 e. The predicted molar refractivity (Wildman–Crippen MR) is 92.4 cm³/mol. The molecule has 0 aliphatic carbocycles. The first-order valence-corrected chi connectivity index (χ1v) is 8.08. The number of amides is 1. The van der Waals surface area contributed by atoms with Crippen molar-refractivity contribution in [3.05, 3.63) is 53.7 Å². The second-order valence-electron chi connectivity index (χ2n) is 5.57. The third-order valence-corrected chi connectivity index (χ3v) is 4.01. The Bertz CT molecular complexity index is 651. The van der Waals surface area contributed by atoms with Gasteiger partial charge >= 0.3 is 0 Å². The van der Waals surface area contributed by atoms with Crippen molar-refractivity contribution in [1.82, 2.24) is 4.98 Å². The quantitative estimate of drug-likeness (QED) is 0.827. The van der Waals surface area contributed by atoms with Crippen LogP contribution in [0.15, 0.2) is 42.6 Å². The smallest absolute Gasteiger partial charge is 0.228 e. The molecule has 1 heterocycles. The van der Waals surface area contributed by atoms with Crippen molar-refractivity contribution in [2.75, 3.05) is 5.32 Å². The summed E-state index contributed by atoms with van der Waals surface area (Å²) < 4.78 is 5.87. The third-order valence-electron chi connectivity index (χ3n) is 4.01. The summed E-state index contributed by atoms with van der Waals surface area (Å²) >= 11 is 0. The minimum Gasteiger partial charge on any atom is -0.485 e. The van der Waals surface area contributed by atoms with Gasteiger partial charge in [-0.25, -0.2) is 4.98 Å². The molecular weight excluding hydrogens is 288 g/mol. The number of rotatable bonds is 7. The van der Waals surface area contributed by atoms with E-state index in [4.69, 9.17) is 4.74 Å². The number of carbonyl (C=O) groups excluding carboxylic acids is 1. The van der Waals surface area contributed by atoms with Gasteiger partial charge in [0.25, 0.3) is 0 Å². The highest BCUT2D eigenvalue weighted by atomic mass is 16.5. The molecule has 1 amide bonds. The molecule has 0 aliphatic heterocycles. The van der Waals surface area contributed by atoms with Crippen molar-refractivity contribution < 1.29 is 9.53 Å². The van der Waals surface area contributed by atoms with Crippen LogP contribution in [-0.2, 0) is 11.4 Å². The van der Waals surface area contributed by atoms with Gasteiger partial charge in [0, 0.05) is 12.1 Å². The highest BCUT2D eigenvalue weighted by molar-refractivity contribution is 5.92. The molecule has 2 aromatic rings. The first-order chi connectivity index (χ1) is 11.2. The van der Waals surface area contributed by atoms with Crippen molar-refractivity contribution in [2.45, 2.75) is 40.2 Å². The Labute approximate surface area is 137 Å². The highest BCUT2D eigenvalue weighted by Gasteiger charge is 2.16. The Balaban J connectivity index is 2.08. The predicted octanol–water partition coefficient (Wildman–Crippen LogP) is 4.34. The van der Waals surface area contributed by atoms with Crippen LogP contribution < -0.4 is 10.1 Å². The standard InChI is InChI=1S/C19H24N2O2/c1-4-15(5-2)19(22)21-18-17(11-8-12-20-18)23-13-16-10-7-6-9-14(16)3/h6-12,15H,4-5,13H2,1-3H3,(H,20,21,22). The minimum atomic E-state index is -0.00515. The van der Waals surface area contributed by atoms with Crippen LogP contribution in [0.25, 0.3) is 0 Å². The molecule has 0 saturated heterocycles. The van der Waals surface area contributed by atoms with Crippen LogP contribution in [-0.4, -0.2) is 10.9 Å². The van der Waals surface area contributed by atoms with Gasteiger partial charge in [0.05, 0.1) is 0 Å². The van der Waals surface area contributed by atoms with E-state index in [-0.39, 0.29) is 11.8 Å². The Hall–Kier alpha value is -2.36. The van der Waals surface area contributed by atoms with Gasteiger partial charge in [-0.3, -0.25) is 4.79 Å². The number of aromatic nitrogens is 1. The van der Waals surface area contributed by atoms with E-state index in [0.29, 0.717) is 18.2 Å². The number of pyridine rings is 1. The van der Waals surface area contributed by atoms with Crippen molar-refractivity contribution in [2.24, 2.45) is 5.92 Å². The fraction of sp³-hybridized carbons (Fsp3) is 0.368. The maximum absolute atomic E-state index is 12.2. The van der Waals surface area contributed by atoms with E-state index < -0.39 is 0 Å². The lowest BCUT2D eigenvalue weighted by molar-refractivity contribution is -0.120. The molecule has 0 radical (unpaired) electrons. The number of anilines is 1. The first-order valence-electron chi connectivity index (χ1n) is 8.08. The van der Waals surface area contributed by atoms with Crippen molar-refractivity contribution in [3.63, 3.8) is 0 Å². The molecule has 0 bridgehead atoms. The number of ether oxygens (including phenoxy) is 1. The molecule has 1 aromatic heterocycles. The van der Waals surface area contributed by atoms with Gasteiger partial charge in [0.15, 0.2) is 11.6 Å². The normalized spacial score (nSPS) is 10.6. The molecule has 0 fully saturated rings. The Kier molecular flexibility index (Phi) is 6.15. The van der Waals surface area contributed by atoms with Crippen LogP contribution in [0.5, 0.6) is 5.75 Å². The second kappa shape index (κ2) is 8.32. The number of hydrogen-bond donors (Lipinski definition) is 1. The summed E-state index contributed by atoms with van der Waals surface area (Å²) in [6, 6.07) is 11.7. The topological polar surface area (TPSA) is 51.2 Å². The summed E-state index contributed by atoms with van der Waals surface area (Å²) in [5.74, 6) is 1.07. The number of benzene rings is 1. The summed E-state index contributed by atoms with van der Waals surface area (Å²) in [5.41, 5.74) is 2.30. The van der Waals surface area contributed by atoms with Gasteiger partial charge in [0.2, 0.25) is 5.91 Å². The molecule has 2 rings (SSSR count). The van der Waals surface area contributed by atoms with E-state index >= 15 is 0 Å². The number of carbonyl (C=O) groups is 1. The summed E-state index contributed by atoms with van der Waals surface area (Å²) in [5, 5.41) is 2.89. The molecule has 4 nitrogen and oxygen atoms in total. The monoisotopic (exact) mass is 312 g/mol. The molecule has 0 aliphatic rings. The second-order valence-corrected chi connectivity index (χ2v) is 5.57. The molecule has 23 heavy (non-hydrogen) atoms. The van der Waals surface area contributed by atoms with E-state index in [0.717, 1.165) is 18.4 Å². The van der Waals surface area contributed by atoms with Crippen LogP contribution in [0, 0.1) is 12.8 Å². The fourth-order valence-electron chi connectivity index (χ4n) is 2.41. The number of aryl methyl sites for hydroxylation is 1. The van der Waals surface area contributed by atoms with Gasteiger partial charge in [-0.05, 0) is 43.0 Å². The zero-order valence-electron chi connectivity index (χ0n) is 14.0. The average molecular weight is 312 g/mol. The molecule has 0 spiro atoms. The summed E-state index contributed by atoms with van der Waals surface area (Å²) in [6.07, 6.45) is 3.28. The lowest BCUT2D eigenvalue weighted by Crippen LogP contribution is -2.22. The van der Waals surface area contributed by atoms with Crippen molar-refractivity contribution in [1.29, 1.82) is 0 Å². The van der Waals surface area contributed by atoms with E-state index in [1.807, 2.05) is 38.1 Å². The molecule has 0 saturated carbocycles. The van der Waals surface area contributed by atoms with Crippen LogP contribution >= 0.6 is 0 Å². The van der Waals surface area contributed by atoms with Gasteiger partial charge in [0.1, 0.15) is 6.61 Å². The average Bonchev–Trinajstić information content (AvgIpc) is 2.56. The van der Waals surface area contributed by atoms with Crippen LogP contribution in [0.2, 0.25) is 0 Å². The lowest BCUT2D eigenvalue weighted by atomic mass is 10.0. The molecule has 1 aromatic carbocycles. The van der Waals surface area contributed by atoms with Crippen molar-refractivity contribution in [3.8, 4) is 5.75 Å². The van der Waals surface area contributed by atoms with Gasteiger partial charge in [-0.15, -0.1) is 0 Å². The minimum absolute atomic E-state index is 0.00113. The SMILES string of the molecule is CCC(CC)C(=O)Nc1ncccc1OCc1ccccc1C. The molecule has 122 valence electrons. The Morgan fingerprint density at radius 3 is 2.61 bits per heavy atom. The van der Waals surface area contributed by atoms with E-state index in [1.165, 1.54) is 5.56 Å². The zero-order valence-corrected chi connectivity index (χ0v) is 14.0. The number of hydrogen-bond acceptors (Lipinski definition) is 3. The van der Waals surface area contributed by atoms with Gasteiger partial charge in [-0.2, -0.15) is 0 Å². The molecule has 4 heteroatoms. The summed E-state index contributed by atoms with van der Waals surface area (Å²) in [4.78, 5) is 16.5. The molecule has 0 atom stereocenters. The van der Waals surface area contributed by atoms with Gasteiger partial charge in [-0.1, -0.05) is 38.1 Å². The maximum atomic E-state index is 12.2. The van der Waals surface area contributed by atoms with Crippen molar-refractivity contribution >= 4 is 11.7 Å². The van der Waals surface area contributed by atoms with Gasteiger partial charge < -0.3 is 10.1 Å². The molecule has 1 N–H and O–H groups in total. The summed E-state index contributed by atoms with van der Waals surface area (Å²) in [6.45, 7) is 6.54. The van der Waals surface area contributed by atoms with Crippen LogP contribution in [0.3, 0.4) is 0 Å². The number of nitrogens with one attached hydrogen (secondary N) is 1. The fourth-order valence-corrected chi connectivity index (χ4v) is 2.41. The number of nitrogens with zero attached hydrogens (tertiary/aromatic N) is 1. The van der Waals surface area contributed by atoms with E-state index in [9.17, 15) is 4.79 Å². The van der Waals surface area contributed by atoms with E-state index in [2.05, 4.69) is 23.3 Å². The Morgan fingerprint density at radius 1 is 1.17 bits per heavy atom. The third kappa shape index (κ3) is 4.55. The Morgan fingerprint density at radius 2 is 1.91 bits per heavy atom. The molecular formula is C19H24N2O2. The highest BCUT2D eigenvalue weighted by Crippen LogP contribution is 2.24. The molecule has 0 unspecified atom stereocenters. The lowest BCUT2D eigenvalue weighted by Gasteiger charge is -2.15. The van der Waals surface area contributed by atoms with E-state index in [1.54, 1.807) is 12.3 Å². The summed E-state index contributed by atoms with van der Waals surface area (Å²) in [7, 11) is 0. The largest absolute Gasteiger partial charge is 0.485 e. The zero-order chi connectivity index (χ0) is 16.7.